The zero-order valence-electron chi connectivity index (χ0n) is 6.97. The maximum absolute atomic E-state index is 9.92. The first-order valence-corrected chi connectivity index (χ1v) is 3.69. The van der Waals surface area contributed by atoms with Crippen molar-refractivity contribution in [2.75, 3.05) is 6.54 Å². The quantitative estimate of drug-likeness (QED) is 0.681. The molecule has 0 spiro atoms. The summed E-state index contributed by atoms with van der Waals surface area (Å²) >= 11 is 0. The Morgan fingerprint density at radius 2 is 2.38 bits per heavy atom. The highest BCUT2D eigenvalue weighted by molar-refractivity contribution is 5.85. The molecule has 0 radical (unpaired) electrons. The van der Waals surface area contributed by atoms with Crippen LogP contribution in [0.4, 0.5) is 4.79 Å². The number of carbonyl (C=O) groups is 1. The third kappa shape index (κ3) is 5.08. The molecule has 0 saturated carbocycles. The first-order chi connectivity index (χ1) is 5.79. The number of imidazole rings is 1. The van der Waals surface area contributed by atoms with Crippen LogP contribution < -0.4 is 10.4 Å². The van der Waals surface area contributed by atoms with Crippen LogP contribution in [0.25, 0.3) is 0 Å². The molecular weight excluding hydrogens is 194 g/mol. The number of hydrogen-bond donors (Lipinski definition) is 1. The zero-order chi connectivity index (χ0) is 8.81. The average molecular weight is 205 g/mol. The Labute approximate surface area is 82.2 Å². The van der Waals surface area contributed by atoms with Crippen LogP contribution in [0.2, 0.25) is 0 Å². The molecule has 1 amide bonds. The second-order valence-electron chi connectivity index (χ2n) is 2.37. The van der Waals surface area contributed by atoms with Crippen molar-refractivity contribution < 1.29 is 9.90 Å². The van der Waals surface area contributed by atoms with Gasteiger partial charge in [-0.3, -0.25) is 0 Å². The number of carbonyl (C=O) groups excluding carboxylic acids is 1. The summed E-state index contributed by atoms with van der Waals surface area (Å²) in [7, 11) is 0. The molecule has 0 aliphatic rings. The van der Waals surface area contributed by atoms with Crippen molar-refractivity contribution in [2.45, 2.75) is 13.0 Å². The van der Waals surface area contributed by atoms with E-state index in [1.54, 1.807) is 12.5 Å². The van der Waals surface area contributed by atoms with Gasteiger partial charge in [0, 0.05) is 25.5 Å². The maximum Gasteiger partial charge on any atom is 0.134 e. The number of nitrogens with zero attached hydrogens (tertiary/aromatic N) is 2. The third-order valence-corrected chi connectivity index (χ3v) is 1.42. The Morgan fingerprint density at radius 3 is 2.92 bits per heavy atom. The van der Waals surface area contributed by atoms with Crippen LogP contribution in [0.15, 0.2) is 18.7 Å². The lowest BCUT2D eigenvalue weighted by atomic mass is 10.4. The highest BCUT2D eigenvalue weighted by atomic mass is 35.5. The fraction of sp³-hybridized carbons (Fsp3) is 0.429. The van der Waals surface area contributed by atoms with E-state index in [-0.39, 0.29) is 12.4 Å². The number of aromatic nitrogens is 2. The fourth-order valence-corrected chi connectivity index (χ4v) is 0.871. The molecule has 1 rings (SSSR count). The van der Waals surface area contributed by atoms with Gasteiger partial charge in [0.25, 0.3) is 0 Å². The minimum atomic E-state index is -1.22. The Balaban J connectivity index is 0.00000144. The van der Waals surface area contributed by atoms with E-state index < -0.39 is 6.09 Å². The van der Waals surface area contributed by atoms with Crippen LogP contribution in [0, 0.1) is 0 Å². The SMILES string of the molecule is Cl.O=C([O-])NCCCn1ccnc1. The predicted molar refractivity (Wildman–Crippen MR) is 47.5 cm³/mol. The number of amides is 1. The molecule has 74 valence electrons. The lowest BCUT2D eigenvalue weighted by Gasteiger charge is -2.05. The average Bonchev–Trinajstić information content (AvgIpc) is 2.49. The van der Waals surface area contributed by atoms with Crippen LogP contribution in [0.5, 0.6) is 0 Å². The van der Waals surface area contributed by atoms with E-state index in [2.05, 4.69) is 10.3 Å². The molecule has 0 atom stereocenters. The number of aryl methyl sites for hydroxylation is 1. The van der Waals surface area contributed by atoms with Gasteiger partial charge in [-0.2, -0.15) is 0 Å². The van der Waals surface area contributed by atoms with Gasteiger partial charge in [0.15, 0.2) is 0 Å². The van der Waals surface area contributed by atoms with Crippen LogP contribution >= 0.6 is 12.4 Å². The summed E-state index contributed by atoms with van der Waals surface area (Å²) in [5, 5.41) is 12.1. The van der Waals surface area contributed by atoms with E-state index in [0.717, 1.165) is 13.0 Å². The van der Waals surface area contributed by atoms with Crippen molar-refractivity contribution in [3.8, 4) is 0 Å². The molecule has 0 fully saturated rings. The number of halogens is 1. The van der Waals surface area contributed by atoms with Crippen molar-refractivity contribution in [1.82, 2.24) is 14.9 Å². The Kier molecular flexibility index (Phi) is 5.71. The van der Waals surface area contributed by atoms with E-state index in [1.165, 1.54) is 0 Å². The molecular formula is C7H11ClN3O2-. The van der Waals surface area contributed by atoms with Gasteiger partial charge >= 0.3 is 0 Å². The summed E-state index contributed by atoms with van der Waals surface area (Å²) in [6, 6.07) is 0. The second kappa shape index (κ2) is 6.30. The molecule has 6 heteroatoms. The van der Waals surface area contributed by atoms with Crippen molar-refractivity contribution in [3.05, 3.63) is 18.7 Å². The number of rotatable bonds is 4. The first kappa shape index (κ1) is 11.8. The number of hydrogen-bond acceptors (Lipinski definition) is 3. The largest absolute Gasteiger partial charge is 0.530 e. The first-order valence-electron chi connectivity index (χ1n) is 3.69. The minimum absolute atomic E-state index is 0. The summed E-state index contributed by atoms with van der Waals surface area (Å²) in [5.41, 5.74) is 0. The van der Waals surface area contributed by atoms with E-state index in [9.17, 15) is 9.90 Å². The summed E-state index contributed by atoms with van der Waals surface area (Å²) in [6.07, 6.45) is 4.73. The van der Waals surface area contributed by atoms with Crippen molar-refractivity contribution in [1.29, 1.82) is 0 Å². The van der Waals surface area contributed by atoms with Gasteiger partial charge in [-0.05, 0) is 6.42 Å². The lowest BCUT2D eigenvalue weighted by molar-refractivity contribution is -0.250. The van der Waals surface area contributed by atoms with E-state index >= 15 is 0 Å². The van der Waals surface area contributed by atoms with E-state index in [4.69, 9.17) is 0 Å². The highest BCUT2D eigenvalue weighted by Gasteiger charge is 1.89. The van der Waals surface area contributed by atoms with Crippen LogP contribution in [-0.2, 0) is 6.54 Å². The zero-order valence-corrected chi connectivity index (χ0v) is 7.79. The van der Waals surface area contributed by atoms with E-state index in [1.807, 2.05) is 10.8 Å². The molecule has 13 heavy (non-hydrogen) atoms. The summed E-state index contributed by atoms with van der Waals surface area (Å²) in [6.45, 7) is 1.18. The molecule has 1 N–H and O–H groups in total. The molecule has 0 aliphatic carbocycles. The predicted octanol–water partition coefficient (Wildman–Crippen LogP) is -0.372. The molecule has 0 aromatic carbocycles. The molecule has 1 heterocycles. The maximum atomic E-state index is 9.92. The van der Waals surface area contributed by atoms with Crippen LogP contribution in [-0.4, -0.2) is 22.2 Å². The van der Waals surface area contributed by atoms with Gasteiger partial charge in [-0.1, -0.05) is 0 Å². The smallest absolute Gasteiger partial charge is 0.134 e. The molecule has 5 nitrogen and oxygen atoms in total. The van der Waals surface area contributed by atoms with Gasteiger partial charge in [0.1, 0.15) is 6.09 Å². The standard InChI is InChI=1S/C7H11N3O2.ClH/c11-7(12)9-2-1-4-10-5-3-8-6-10;/h3,5-6,9H,1-2,4H2,(H,11,12);1H/p-1. The second-order valence-corrected chi connectivity index (χ2v) is 2.37. The summed E-state index contributed by atoms with van der Waals surface area (Å²) < 4.78 is 1.89. The fourth-order valence-electron chi connectivity index (χ4n) is 0.871. The molecule has 0 aliphatic heterocycles. The third-order valence-electron chi connectivity index (χ3n) is 1.42. The summed E-state index contributed by atoms with van der Waals surface area (Å²) in [5.74, 6) is 0. The van der Waals surface area contributed by atoms with Crippen LogP contribution in [0.1, 0.15) is 6.42 Å². The number of nitrogens with one attached hydrogen (secondary N) is 1. The van der Waals surface area contributed by atoms with E-state index in [0.29, 0.717) is 6.54 Å². The van der Waals surface area contributed by atoms with Gasteiger partial charge in [-0.25, -0.2) is 4.98 Å². The van der Waals surface area contributed by atoms with Gasteiger partial charge in [0.2, 0.25) is 0 Å². The Morgan fingerprint density at radius 1 is 1.62 bits per heavy atom. The molecule has 0 unspecified atom stereocenters. The van der Waals surface area contributed by atoms with Crippen molar-refractivity contribution >= 4 is 18.5 Å². The van der Waals surface area contributed by atoms with Gasteiger partial charge in [0.05, 0.1) is 6.33 Å². The minimum Gasteiger partial charge on any atom is -0.530 e. The van der Waals surface area contributed by atoms with Crippen molar-refractivity contribution in [3.63, 3.8) is 0 Å². The van der Waals surface area contributed by atoms with Gasteiger partial charge in [-0.15, -0.1) is 12.4 Å². The number of carboxylic acid groups (broad SMARTS) is 1. The molecule has 1 aromatic rings. The molecule has 0 bridgehead atoms. The Bertz CT molecular complexity index is 238. The normalized spacial score (nSPS) is 8.92. The topological polar surface area (TPSA) is 70.0 Å². The van der Waals surface area contributed by atoms with Crippen LogP contribution in [0.3, 0.4) is 0 Å². The molecule has 0 saturated heterocycles. The lowest BCUT2D eigenvalue weighted by Crippen LogP contribution is -2.37. The Hall–Kier alpha value is -1.23. The molecule has 1 aromatic heterocycles. The van der Waals surface area contributed by atoms with Crippen molar-refractivity contribution in [2.24, 2.45) is 0 Å². The van der Waals surface area contributed by atoms with Gasteiger partial charge < -0.3 is 19.8 Å². The summed E-state index contributed by atoms with van der Waals surface area (Å²) in [4.78, 5) is 13.8. The highest BCUT2D eigenvalue weighted by Crippen LogP contribution is 1.88. The monoisotopic (exact) mass is 204 g/mol.